The van der Waals surface area contributed by atoms with Gasteiger partial charge in [0.05, 0.1) is 18.8 Å². The second-order valence-corrected chi connectivity index (χ2v) is 6.48. The molecule has 0 aromatic carbocycles. The fourth-order valence-corrected chi connectivity index (χ4v) is 3.32. The van der Waals surface area contributed by atoms with Gasteiger partial charge in [-0.05, 0) is 39.8 Å². The molecule has 0 aromatic heterocycles. The zero-order valence-corrected chi connectivity index (χ0v) is 13.5. The molecule has 2 aliphatic rings. The van der Waals surface area contributed by atoms with E-state index in [1.165, 1.54) is 6.42 Å². The number of ether oxygens (including phenoxy) is 1. The van der Waals surface area contributed by atoms with Crippen LogP contribution < -0.4 is 10.6 Å². The third-order valence-electron chi connectivity index (χ3n) is 4.34. The van der Waals surface area contributed by atoms with Crippen LogP contribution in [0, 0.1) is 0 Å². The summed E-state index contributed by atoms with van der Waals surface area (Å²) in [4.78, 5) is 14.0. The Labute approximate surface area is 132 Å². The maximum atomic E-state index is 11.7. The number of hydrogen-bond donors (Lipinski definition) is 4. The number of hydrogen-bond acceptors (Lipinski definition) is 5. The first-order valence-corrected chi connectivity index (χ1v) is 8.25. The molecule has 2 amide bonds. The number of aliphatic hydroxyl groups excluding tert-OH is 2. The first-order chi connectivity index (χ1) is 10.5. The smallest absolute Gasteiger partial charge is 0.315 e. The van der Waals surface area contributed by atoms with Crippen LogP contribution in [0.3, 0.4) is 0 Å². The molecule has 0 aromatic rings. The van der Waals surface area contributed by atoms with Crippen molar-refractivity contribution in [3.8, 4) is 0 Å². The molecule has 0 spiro atoms. The van der Waals surface area contributed by atoms with Crippen molar-refractivity contribution >= 4 is 6.03 Å². The lowest BCUT2D eigenvalue weighted by Gasteiger charge is -2.36. The van der Waals surface area contributed by atoms with Crippen molar-refractivity contribution in [2.45, 2.75) is 63.5 Å². The summed E-state index contributed by atoms with van der Waals surface area (Å²) in [6.07, 6.45) is 1.84. The van der Waals surface area contributed by atoms with E-state index in [0.717, 1.165) is 25.9 Å². The third kappa shape index (κ3) is 4.32. The minimum absolute atomic E-state index is 0.0677. The molecule has 2 fully saturated rings. The summed E-state index contributed by atoms with van der Waals surface area (Å²) in [7, 11) is 0. The van der Waals surface area contributed by atoms with E-state index in [4.69, 9.17) is 4.74 Å². The van der Waals surface area contributed by atoms with E-state index >= 15 is 0 Å². The summed E-state index contributed by atoms with van der Waals surface area (Å²) in [5, 5.41) is 25.4. The number of amides is 2. The predicted molar refractivity (Wildman–Crippen MR) is 82.6 cm³/mol. The number of piperidine rings is 1. The van der Waals surface area contributed by atoms with Crippen LogP contribution in [0.4, 0.5) is 4.79 Å². The minimum Gasteiger partial charge on any atom is -0.394 e. The van der Waals surface area contributed by atoms with Crippen LogP contribution in [-0.2, 0) is 4.74 Å². The van der Waals surface area contributed by atoms with E-state index in [0.29, 0.717) is 6.54 Å². The Morgan fingerprint density at radius 1 is 1.27 bits per heavy atom. The summed E-state index contributed by atoms with van der Waals surface area (Å²) in [5.41, 5.74) is 0. The van der Waals surface area contributed by atoms with Gasteiger partial charge in [0.15, 0.2) is 0 Å². The van der Waals surface area contributed by atoms with E-state index in [1.54, 1.807) is 0 Å². The molecular formula is C15H29N3O4. The van der Waals surface area contributed by atoms with Crippen LogP contribution >= 0.6 is 0 Å². The van der Waals surface area contributed by atoms with Crippen LogP contribution in [-0.4, -0.2) is 77.8 Å². The lowest BCUT2D eigenvalue weighted by Crippen LogP contribution is -2.53. The van der Waals surface area contributed by atoms with Gasteiger partial charge in [0.1, 0.15) is 12.2 Å². The molecule has 0 unspecified atom stereocenters. The van der Waals surface area contributed by atoms with E-state index in [2.05, 4.69) is 15.5 Å². The van der Waals surface area contributed by atoms with Crippen LogP contribution in [0.1, 0.15) is 33.1 Å². The summed E-state index contributed by atoms with van der Waals surface area (Å²) in [5.74, 6) is 0. The summed E-state index contributed by atoms with van der Waals surface area (Å²) in [6.45, 7) is 5.77. The second-order valence-electron chi connectivity index (χ2n) is 6.48. The van der Waals surface area contributed by atoms with E-state index in [-0.39, 0.29) is 30.8 Å². The SMILES string of the molecule is CC(C)NC(=O)NC[C@H]1O[C@@H](CO)[C@@H](O)[C@H]1N1CCCCC1. The van der Waals surface area contributed by atoms with Crippen molar-refractivity contribution in [2.24, 2.45) is 0 Å². The highest BCUT2D eigenvalue weighted by Crippen LogP contribution is 2.27. The van der Waals surface area contributed by atoms with Crippen molar-refractivity contribution in [2.75, 3.05) is 26.2 Å². The monoisotopic (exact) mass is 315 g/mol. The highest BCUT2D eigenvalue weighted by atomic mass is 16.5. The van der Waals surface area contributed by atoms with Crippen molar-refractivity contribution in [1.82, 2.24) is 15.5 Å². The number of likely N-dealkylation sites (tertiary alicyclic amines) is 1. The molecule has 2 rings (SSSR count). The molecule has 4 N–H and O–H groups in total. The van der Waals surface area contributed by atoms with Gasteiger partial charge in [-0.15, -0.1) is 0 Å². The summed E-state index contributed by atoms with van der Waals surface area (Å²) < 4.78 is 5.76. The molecule has 2 aliphatic heterocycles. The van der Waals surface area contributed by atoms with Gasteiger partial charge in [-0.25, -0.2) is 4.79 Å². The second kappa shape index (κ2) is 8.10. The molecule has 4 atom stereocenters. The largest absolute Gasteiger partial charge is 0.394 e. The molecule has 0 radical (unpaired) electrons. The van der Waals surface area contributed by atoms with Gasteiger partial charge >= 0.3 is 6.03 Å². The number of urea groups is 1. The zero-order chi connectivity index (χ0) is 16.1. The van der Waals surface area contributed by atoms with Crippen molar-refractivity contribution in [3.05, 3.63) is 0 Å². The van der Waals surface area contributed by atoms with E-state index in [9.17, 15) is 15.0 Å². The van der Waals surface area contributed by atoms with Crippen LogP contribution in [0.2, 0.25) is 0 Å². The number of nitrogens with one attached hydrogen (secondary N) is 2. The standard InChI is InChI=1S/C15H29N3O4/c1-10(2)17-15(21)16-8-11-13(14(20)12(9-19)22-11)18-6-4-3-5-7-18/h10-14,19-20H,3-9H2,1-2H3,(H2,16,17,21)/t11-,12+,13+,14-/m1/s1. The number of aliphatic hydroxyl groups is 2. The Morgan fingerprint density at radius 3 is 2.55 bits per heavy atom. The number of rotatable bonds is 5. The fraction of sp³-hybridized carbons (Fsp3) is 0.933. The molecule has 128 valence electrons. The summed E-state index contributed by atoms with van der Waals surface area (Å²) in [6, 6.07) is -0.340. The maximum Gasteiger partial charge on any atom is 0.315 e. The third-order valence-corrected chi connectivity index (χ3v) is 4.34. The van der Waals surface area contributed by atoms with Crippen molar-refractivity contribution in [3.63, 3.8) is 0 Å². The van der Waals surface area contributed by atoms with Crippen LogP contribution in [0.15, 0.2) is 0 Å². The fourth-order valence-electron chi connectivity index (χ4n) is 3.32. The molecule has 7 nitrogen and oxygen atoms in total. The van der Waals surface area contributed by atoms with Gasteiger partial charge < -0.3 is 25.6 Å². The Hall–Kier alpha value is -0.890. The molecule has 2 saturated heterocycles. The quantitative estimate of drug-likeness (QED) is 0.557. The lowest BCUT2D eigenvalue weighted by molar-refractivity contribution is -0.0206. The zero-order valence-electron chi connectivity index (χ0n) is 13.5. The Bertz CT molecular complexity index is 361. The maximum absolute atomic E-state index is 11.7. The molecule has 7 heteroatoms. The first-order valence-electron chi connectivity index (χ1n) is 8.25. The molecule has 0 saturated carbocycles. The number of nitrogens with zero attached hydrogens (tertiary/aromatic N) is 1. The van der Waals surface area contributed by atoms with Crippen molar-refractivity contribution in [1.29, 1.82) is 0 Å². The Balaban J connectivity index is 1.95. The molecular weight excluding hydrogens is 286 g/mol. The predicted octanol–water partition coefficient (Wildman–Crippen LogP) is -0.331. The Morgan fingerprint density at radius 2 is 1.95 bits per heavy atom. The highest BCUT2D eigenvalue weighted by molar-refractivity contribution is 5.74. The lowest BCUT2D eigenvalue weighted by atomic mass is 9.99. The van der Waals surface area contributed by atoms with Crippen molar-refractivity contribution < 1.29 is 19.7 Å². The average Bonchev–Trinajstić information content (AvgIpc) is 2.81. The average molecular weight is 315 g/mol. The van der Waals surface area contributed by atoms with Gasteiger partial charge in [-0.2, -0.15) is 0 Å². The van der Waals surface area contributed by atoms with Gasteiger partial charge in [0.25, 0.3) is 0 Å². The minimum atomic E-state index is -0.719. The van der Waals surface area contributed by atoms with Gasteiger partial charge in [0, 0.05) is 12.6 Å². The number of carbonyl (C=O) groups excluding carboxylic acids is 1. The molecule has 22 heavy (non-hydrogen) atoms. The topological polar surface area (TPSA) is 94.1 Å². The highest BCUT2D eigenvalue weighted by Gasteiger charge is 2.46. The van der Waals surface area contributed by atoms with Gasteiger partial charge in [-0.1, -0.05) is 6.42 Å². The van der Waals surface area contributed by atoms with Gasteiger partial charge in [0.2, 0.25) is 0 Å². The van der Waals surface area contributed by atoms with Gasteiger partial charge in [-0.3, -0.25) is 4.90 Å². The molecule has 2 heterocycles. The van der Waals surface area contributed by atoms with Crippen LogP contribution in [0.25, 0.3) is 0 Å². The summed E-state index contributed by atoms with van der Waals surface area (Å²) >= 11 is 0. The first kappa shape index (κ1) is 17.5. The molecule has 0 aliphatic carbocycles. The number of carbonyl (C=O) groups is 1. The Kier molecular flexibility index (Phi) is 6.43. The van der Waals surface area contributed by atoms with E-state index in [1.807, 2.05) is 13.8 Å². The van der Waals surface area contributed by atoms with Crippen LogP contribution in [0.5, 0.6) is 0 Å². The normalized spacial score (nSPS) is 33.1. The van der Waals surface area contributed by atoms with E-state index < -0.39 is 12.2 Å². The molecule has 0 bridgehead atoms.